The number of hydrazone groups is 1. The molecule has 0 aliphatic rings. The van der Waals surface area contributed by atoms with Gasteiger partial charge in [-0.05, 0) is 60.7 Å². The number of rotatable bonds is 4. The number of phenolic OH excluding ortho intramolecular Hbond substituents is 1. The van der Waals surface area contributed by atoms with Crippen LogP contribution in [0.5, 0.6) is 5.75 Å². The maximum Gasteiger partial charge on any atom is 0.123 e. The number of hydrogen-bond donors (Lipinski definition) is 2. The second-order valence-corrected chi connectivity index (χ2v) is 4.99. The van der Waals surface area contributed by atoms with E-state index < -0.39 is 0 Å². The monoisotopic (exact) mass is 306 g/mol. The number of phenols is 1. The van der Waals surface area contributed by atoms with E-state index in [9.17, 15) is 9.50 Å². The first-order valence-corrected chi connectivity index (χ1v) is 7.16. The molecule has 23 heavy (non-hydrogen) atoms. The predicted molar refractivity (Wildman–Crippen MR) is 90.2 cm³/mol. The molecule has 0 saturated carbocycles. The number of aromatic hydroxyl groups is 1. The molecule has 0 bridgehead atoms. The largest absolute Gasteiger partial charge is 0.508 e. The molecule has 0 unspecified atom stereocenters. The van der Waals surface area contributed by atoms with Crippen LogP contribution in [-0.4, -0.2) is 10.8 Å². The topological polar surface area (TPSA) is 44.6 Å². The molecule has 0 atom stereocenters. The second kappa shape index (κ2) is 6.75. The summed E-state index contributed by atoms with van der Waals surface area (Å²) < 4.78 is 13.2. The number of halogens is 1. The van der Waals surface area contributed by atoms with Crippen LogP contribution in [0.4, 0.5) is 10.1 Å². The van der Waals surface area contributed by atoms with Crippen molar-refractivity contribution in [2.75, 3.05) is 5.43 Å². The third kappa shape index (κ3) is 3.74. The number of hydrogen-bond acceptors (Lipinski definition) is 3. The quantitative estimate of drug-likeness (QED) is 0.554. The molecule has 0 spiro atoms. The highest BCUT2D eigenvalue weighted by Gasteiger charge is 2.08. The highest BCUT2D eigenvalue weighted by Crippen LogP contribution is 2.16. The normalized spacial score (nSPS) is 11.3. The molecule has 0 aliphatic carbocycles. The summed E-state index contributed by atoms with van der Waals surface area (Å²) in [7, 11) is 0. The van der Waals surface area contributed by atoms with E-state index in [-0.39, 0.29) is 11.6 Å². The Kier molecular flexibility index (Phi) is 4.34. The van der Waals surface area contributed by atoms with Gasteiger partial charge in [-0.3, -0.25) is 5.43 Å². The lowest BCUT2D eigenvalue weighted by atomic mass is 10.0. The Labute approximate surface area is 133 Å². The van der Waals surface area contributed by atoms with Gasteiger partial charge in [0.1, 0.15) is 11.6 Å². The van der Waals surface area contributed by atoms with Crippen LogP contribution in [-0.2, 0) is 0 Å². The Bertz CT molecular complexity index is 750. The van der Waals surface area contributed by atoms with Crippen LogP contribution in [0.3, 0.4) is 0 Å². The van der Waals surface area contributed by atoms with Crippen molar-refractivity contribution in [3.05, 3.63) is 95.8 Å². The third-order valence-corrected chi connectivity index (χ3v) is 3.33. The molecule has 0 aliphatic heterocycles. The standard InChI is InChI=1S/C19H15FN2O/c20-16-10-6-14(7-11-16)19(15-8-12-18(23)13-9-15)22-21-17-4-2-1-3-5-17/h1-13,21,23H. The number of benzene rings is 3. The summed E-state index contributed by atoms with van der Waals surface area (Å²) in [4.78, 5) is 0. The molecule has 3 aromatic carbocycles. The van der Waals surface area contributed by atoms with E-state index in [1.54, 1.807) is 36.4 Å². The van der Waals surface area contributed by atoms with Gasteiger partial charge in [0.25, 0.3) is 0 Å². The fourth-order valence-electron chi connectivity index (χ4n) is 2.16. The fourth-order valence-corrected chi connectivity index (χ4v) is 2.16. The number of nitrogens with zero attached hydrogens (tertiary/aromatic N) is 1. The first-order chi connectivity index (χ1) is 11.2. The molecule has 3 aromatic rings. The van der Waals surface area contributed by atoms with Crippen LogP contribution in [0.15, 0.2) is 84.0 Å². The van der Waals surface area contributed by atoms with E-state index in [2.05, 4.69) is 10.5 Å². The molecule has 3 nitrogen and oxygen atoms in total. The van der Waals surface area contributed by atoms with Crippen LogP contribution in [0.2, 0.25) is 0 Å². The number of anilines is 1. The minimum absolute atomic E-state index is 0.184. The van der Waals surface area contributed by atoms with Gasteiger partial charge in [0.05, 0.1) is 11.4 Å². The van der Waals surface area contributed by atoms with Crippen LogP contribution in [0, 0.1) is 5.82 Å². The van der Waals surface area contributed by atoms with Gasteiger partial charge < -0.3 is 5.11 Å². The van der Waals surface area contributed by atoms with Gasteiger partial charge in [-0.1, -0.05) is 18.2 Å². The fraction of sp³-hybridized carbons (Fsp3) is 0. The van der Waals surface area contributed by atoms with Gasteiger partial charge in [0.2, 0.25) is 0 Å². The molecule has 0 radical (unpaired) electrons. The molecule has 0 fully saturated rings. The minimum Gasteiger partial charge on any atom is -0.508 e. The highest BCUT2D eigenvalue weighted by molar-refractivity contribution is 6.13. The smallest absolute Gasteiger partial charge is 0.123 e. The summed E-state index contributed by atoms with van der Waals surface area (Å²) >= 11 is 0. The zero-order valence-corrected chi connectivity index (χ0v) is 12.3. The van der Waals surface area contributed by atoms with E-state index in [0.29, 0.717) is 5.71 Å². The van der Waals surface area contributed by atoms with Crippen LogP contribution in [0.1, 0.15) is 11.1 Å². The minimum atomic E-state index is -0.296. The SMILES string of the molecule is Oc1ccc(C(=NNc2ccccc2)c2ccc(F)cc2)cc1. The summed E-state index contributed by atoms with van der Waals surface area (Å²) in [5, 5.41) is 13.9. The van der Waals surface area contributed by atoms with Crippen LogP contribution in [0.25, 0.3) is 0 Å². The Hall–Kier alpha value is -3.14. The van der Waals surface area contributed by atoms with Gasteiger partial charge in [-0.15, -0.1) is 0 Å². The third-order valence-electron chi connectivity index (χ3n) is 3.33. The van der Waals surface area contributed by atoms with Crippen molar-refractivity contribution in [2.45, 2.75) is 0 Å². The van der Waals surface area contributed by atoms with Crippen molar-refractivity contribution in [1.29, 1.82) is 0 Å². The summed E-state index contributed by atoms with van der Waals surface area (Å²) in [5.74, 6) is -0.113. The van der Waals surface area contributed by atoms with Crippen molar-refractivity contribution in [1.82, 2.24) is 0 Å². The zero-order chi connectivity index (χ0) is 16.1. The molecule has 4 heteroatoms. The molecule has 2 N–H and O–H groups in total. The van der Waals surface area contributed by atoms with E-state index in [4.69, 9.17) is 0 Å². The average Bonchev–Trinajstić information content (AvgIpc) is 2.59. The molecule has 114 valence electrons. The van der Waals surface area contributed by atoms with Gasteiger partial charge in [-0.2, -0.15) is 5.10 Å². The Balaban J connectivity index is 1.99. The lowest BCUT2D eigenvalue weighted by Gasteiger charge is -2.09. The molecular weight excluding hydrogens is 291 g/mol. The highest BCUT2D eigenvalue weighted by atomic mass is 19.1. The zero-order valence-electron chi connectivity index (χ0n) is 12.3. The van der Waals surface area contributed by atoms with Gasteiger partial charge in [0.15, 0.2) is 0 Å². The van der Waals surface area contributed by atoms with Crippen LogP contribution >= 0.6 is 0 Å². The van der Waals surface area contributed by atoms with E-state index in [0.717, 1.165) is 16.8 Å². The lowest BCUT2D eigenvalue weighted by Crippen LogP contribution is -2.06. The number of para-hydroxylation sites is 1. The summed E-state index contributed by atoms with van der Waals surface area (Å²) in [6.07, 6.45) is 0. The first-order valence-electron chi connectivity index (χ1n) is 7.16. The average molecular weight is 306 g/mol. The molecule has 0 heterocycles. The second-order valence-electron chi connectivity index (χ2n) is 4.99. The predicted octanol–water partition coefficient (Wildman–Crippen LogP) is 4.40. The Morgan fingerprint density at radius 2 is 1.35 bits per heavy atom. The molecule has 3 rings (SSSR count). The maximum atomic E-state index is 13.2. The Morgan fingerprint density at radius 1 is 0.783 bits per heavy atom. The van der Waals surface area contributed by atoms with E-state index in [1.807, 2.05) is 30.3 Å². The summed E-state index contributed by atoms with van der Waals surface area (Å²) in [6, 6.07) is 22.4. The van der Waals surface area contributed by atoms with Crippen molar-refractivity contribution >= 4 is 11.4 Å². The molecule has 0 amide bonds. The van der Waals surface area contributed by atoms with E-state index >= 15 is 0 Å². The van der Waals surface area contributed by atoms with Crippen molar-refractivity contribution < 1.29 is 9.50 Å². The van der Waals surface area contributed by atoms with E-state index in [1.165, 1.54) is 12.1 Å². The van der Waals surface area contributed by atoms with Crippen molar-refractivity contribution in [3.63, 3.8) is 0 Å². The summed E-state index contributed by atoms with van der Waals surface area (Å²) in [5.41, 5.74) is 6.11. The molecule has 0 saturated heterocycles. The van der Waals surface area contributed by atoms with Gasteiger partial charge in [-0.25, -0.2) is 4.39 Å². The van der Waals surface area contributed by atoms with Crippen molar-refractivity contribution in [2.24, 2.45) is 5.10 Å². The van der Waals surface area contributed by atoms with Gasteiger partial charge in [0, 0.05) is 11.1 Å². The maximum absolute atomic E-state index is 13.2. The molecule has 0 aromatic heterocycles. The van der Waals surface area contributed by atoms with Gasteiger partial charge >= 0.3 is 0 Å². The Morgan fingerprint density at radius 3 is 1.96 bits per heavy atom. The molecular formula is C19H15FN2O. The summed E-state index contributed by atoms with van der Waals surface area (Å²) in [6.45, 7) is 0. The lowest BCUT2D eigenvalue weighted by molar-refractivity contribution is 0.475. The van der Waals surface area contributed by atoms with Crippen LogP contribution < -0.4 is 5.43 Å². The van der Waals surface area contributed by atoms with Crippen molar-refractivity contribution in [3.8, 4) is 5.75 Å². The first kappa shape index (κ1) is 14.8. The number of nitrogens with one attached hydrogen (secondary N) is 1.